The summed E-state index contributed by atoms with van der Waals surface area (Å²) in [6.45, 7) is 3.08. The third-order valence-corrected chi connectivity index (χ3v) is 5.39. The van der Waals surface area contributed by atoms with Gasteiger partial charge >= 0.3 is 0 Å². The molecule has 0 aliphatic rings. The van der Waals surface area contributed by atoms with Crippen molar-refractivity contribution in [2.24, 2.45) is 0 Å². The molecule has 1 heterocycles. The van der Waals surface area contributed by atoms with Crippen LogP contribution < -0.4 is 10.1 Å². The van der Waals surface area contributed by atoms with Crippen LogP contribution in [0.25, 0.3) is 11.3 Å². The van der Waals surface area contributed by atoms with Crippen LogP contribution in [0.3, 0.4) is 0 Å². The first-order chi connectivity index (χ1) is 15.6. The summed E-state index contributed by atoms with van der Waals surface area (Å²) in [6.07, 6.45) is 2.32. The van der Waals surface area contributed by atoms with Crippen LogP contribution in [0, 0.1) is 6.92 Å². The van der Waals surface area contributed by atoms with Gasteiger partial charge in [-0.15, -0.1) is 0 Å². The summed E-state index contributed by atoms with van der Waals surface area (Å²) in [7, 11) is 1.64. The van der Waals surface area contributed by atoms with Gasteiger partial charge in [0.05, 0.1) is 25.8 Å². The Morgan fingerprint density at radius 3 is 2.41 bits per heavy atom. The summed E-state index contributed by atoms with van der Waals surface area (Å²) in [4.78, 5) is 12.6. The smallest absolute Gasteiger partial charge is 0.224 e. The van der Waals surface area contributed by atoms with Crippen molar-refractivity contribution in [3.63, 3.8) is 0 Å². The highest BCUT2D eigenvalue weighted by atomic mass is 16.5. The molecular formula is C27H27N3O2. The van der Waals surface area contributed by atoms with Crippen LogP contribution >= 0.6 is 0 Å². The zero-order valence-corrected chi connectivity index (χ0v) is 18.4. The summed E-state index contributed by atoms with van der Waals surface area (Å²) >= 11 is 0. The van der Waals surface area contributed by atoms with Gasteiger partial charge in [-0.1, -0.05) is 72.8 Å². The van der Waals surface area contributed by atoms with Crippen LogP contribution in [-0.2, 0) is 24.3 Å². The lowest BCUT2D eigenvalue weighted by Crippen LogP contribution is -2.24. The Morgan fingerprint density at radius 1 is 0.969 bits per heavy atom. The molecule has 4 aromatic rings. The maximum absolute atomic E-state index is 12.6. The molecule has 0 aliphatic carbocycles. The lowest BCUT2D eigenvalue weighted by atomic mass is 10.1. The average molecular weight is 426 g/mol. The van der Waals surface area contributed by atoms with E-state index in [2.05, 4.69) is 17.4 Å². The van der Waals surface area contributed by atoms with Gasteiger partial charge in [-0.05, 0) is 29.7 Å². The van der Waals surface area contributed by atoms with E-state index in [0.29, 0.717) is 19.5 Å². The first-order valence-electron chi connectivity index (χ1n) is 10.7. The zero-order chi connectivity index (χ0) is 22.3. The number of rotatable bonds is 8. The summed E-state index contributed by atoms with van der Waals surface area (Å²) in [5.41, 5.74) is 6.06. The van der Waals surface area contributed by atoms with E-state index < -0.39 is 0 Å². The second-order valence-corrected chi connectivity index (χ2v) is 7.81. The number of aryl methyl sites for hydroxylation is 1. The minimum absolute atomic E-state index is 0.0364. The van der Waals surface area contributed by atoms with Crippen molar-refractivity contribution < 1.29 is 9.53 Å². The Hall–Kier alpha value is -3.86. The van der Waals surface area contributed by atoms with Crippen LogP contribution in [-0.4, -0.2) is 22.8 Å². The third kappa shape index (κ3) is 5.24. The summed E-state index contributed by atoms with van der Waals surface area (Å²) in [6, 6.07) is 26.2. The topological polar surface area (TPSA) is 56.1 Å². The van der Waals surface area contributed by atoms with Crippen LogP contribution in [0.1, 0.15) is 22.3 Å². The Kier molecular flexibility index (Phi) is 6.66. The highest BCUT2D eigenvalue weighted by Gasteiger charge is 2.13. The number of amides is 1. The van der Waals surface area contributed by atoms with Gasteiger partial charge in [0.1, 0.15) is 5.75 Å². The lowest BCUT2D eigenvalue weighted by molar-refractivity contribution is -0.120. The Morgan fingerprint density at radius 2 is 1.69 bits per heavy atom. The highest BCUT2D eigenvalue weighted by molar-refractivity contribution is 5.79. The van der Waals surface area contributed by atoms with E-state index in [9.17, 15) is 4.79 Å². The van der Waals surface area contributed by atoms with E-state index in [4.69, 9.17) is 9.84 Å². The number of nitrogens with zero attached hydrogens (tertiary/aromatic N) is 2. The van der Waals surface area contributed by atoms with E-state index in [1.807, 2.05) is 84.5 Å². The molecule has 0 aliphatic heterocycles. The van der Waals surface area contributed by atoms with Gasteiger partial charge in [0.2, 0.25) is 5.91 Å². The van der Waals surface area contributed by atoms with E-state index in [1.54, 1.807) is 7.11 Å². The number of ether oxygens (including phenoxy) is 1. The fraction of sp³-hybridized carbons (Fsp3) is 0.185. The monoisotopic (exact) mass is 425 g/mol. The zero-order valence-electron chi connectivity index (χ0n) is 18.4. The molecule has 5 heteroatoms. The lowest BCUT2D eigenvalue weighted by Gasteiger charge is -2.09. The normalized spacial score (nSPS) is 10.7. The van der Waals surface area contributed by atoms with Crippen molar-refractivity contribution >= 4 is 5.91 Å². The first-order valence-corrected chi connectivity index (χ1v) is 10.7. The van der Waals surface area contributed by atoms with Crippen molar-refractivity contribution in [2.45, 2.75) is 26.4 Å². The molecule has 0 unspecified atom stereocenters. The van der Waals surface area contributed by atoms with Crippen LogP contribution in [0.5, 0.6) is 5.75 Å². The number of hydrogen-bond donors (Lipinski definition) is 1. The molecule has 0 saturated carbocycles. The highest BCUT2D eigenvalue weighted by Crippen LogP contribution is 2.23. The van der Waals surface area contributed by atoms with Gasteiger partial charge in [0, 0.05) is 23.9 Å². The second-order valence-electron chi connectivity index (χ2n) is 7.81. The van der Waals surface area contributed by atoms with Crippen LogP contribution in [0.2, 0.25) is 0 Å². The number of carbonyl (C=O) groups is 1. The molecule has 0 bridgehead atoms. The largest absolute Gasteiger partial charge is 0.496 e. The molecule has 0 atom stereocenters. The maximum Gasteiger partial charge on any atom is 0.224 e. The van der Waals surface area contributed by atoms with Gasteiger partial charge in [0.25, 0.3) is 0 Å². The predicted octanol–water partition coefficient (Wildman–Crippen LogP) is 4.77. The molecule has 5 nitrogen and oxygen atoms in total. The number of methoxy groups -OCH3 is 1. The first kappa shape index (κ1) is 21.4. The van der Waals surface area contributed by atoms with Gasteiger partial charge in [-0.3, -0.25) is 9.48 Å². The van der Waals surface area contributed by atoms with Crippen LogP contribution in [0.4, 0.5) is 0 Å². The number of carbonyl (C=O) groups excluding carboxylic acids is 1. The third-order valence-electron chi connectivity index (χ3n) is 5.39. The van der Waals surface area contributed by atoms with Crippen molar-refractivity contribution in [3.8, 4) is 17.0 Å². The maximum atomic E-state index is 12.6. The van der Waals surface area contributed by atoms with Gasteiger partial charge in [-0.25, -0.2) is 0 Å². The molecule has 1 amide bonds. The molecule has 1 aromatic heterocycles. The Balaban J connectivity index is 1.49. The predicted molar refractivity (Wildman–Crippen MR) is 126 cm³/mol. The van der Waals surface area contributed by atoms with Crippen molar-refractivity contribution in [3.05, 3.63) is 107 Å². The summed E-state index contributed by atoms with van der Waals surface area (Å²) in [5.74, 6) is 0.759. The fourth-order valence-electron chi connectivity index (χ4n) is 3.70. The number of benzene rings is 3. The number of aromatic nitrogens is 2. The molecule has 0 saturated heterocycles. The minimum Gasteiger partial charge on any atom is -0.496 e. The summed E-state index contributed by atoms with van der Waals surface area (Å²) in [5, 5.41) is 7.87. The Labute approximate surface area is 188 Å². The van der Waals surface area contributed by atoms with Crippen LogP contribution in [0.15, 0.2) is 85.1 Å². The molecule has 3 aromatic carbocycles. The molecule has 1 N–H and O–H groups in total. The molecule has 0 fully saturated rings. The summed E-state index contributed by atoms with van der Waals surface area (Å²) < 4.78 is 7.30. The van der Waals surface area contributed by atoms with Crippen molar-refractivity contribution in [1.29, 1.82) is 0 Å². The number of nitrogens with one attached hydrogen (secondary N) is 1. The molecule has 162 valence electrons. The molecule has 0 radical (unpaired) electrons. The number of hydrogen-bond acceptors (Lipinski definition) is 3. The fourth-order valence-corrected chi connectivity index (χ4v) is 3.70. The Bertz CT molecular complexity index is 1180. The van der Waals surface area contributed by atoms with Gasteiger partial charge in [0.15, 0.2) is 0 Å². The molecular weight excluding hydrogens is 398 g/mol. The average Bonchev–Trinajstić information content (AvgIpc) is 3.22. The molecule has 32 heavy (non-hydrogen) atoms. The molecule has 4 rings (SSSR count). The van der Waals surface area contributed by atoms with E-state index in [0.717, 1.165) is 33.7 Å². The van der Waals surface area contributed by atoms with E-state index >= 15 is 0 Å². The van der Waals surface area contributed by atoms with Crippen molar-refractivity contribution in [2.75, 3.05) is 7.11 Å². The quantitative estimate of drug-likeness (QED) is 0.442. The minimum atomic E-state index is -0.0364. The van der Waals surface area contributed by atoms with E-state index in [-0.39, 0.29) is 5.91 Å². The van der Waals surface area contributed by atoms with Crippen molar-refractivity contribution in [1.82, 2.24) is 15.1 Å². The second kappa shape index (κ2) is 9.96. The molecule has 0 spiro atoms. The van der Waals surface area contributed by atoms with E-state index in [1.165, 1.54) is 5.56 Å². The SMILES string of the molecule is COc1cc(CC(=O)NCc2cn(Cc3ccccc3)nc2-c2ccccc2)ccc1C. The standard InChI is InChI=1S/C27H27N3O2/c1-20-13-14-22(15-25(20)32-2)16-26(31)28-17-24-19-30(18-21-9-5-3-6-10-21)29-27(24)23-11-7-4-8-12-23/h3-15,19H,16-18H2,1-2H3,(H,28,31). The van der Waals surface area contributed by atoms with Gasteiger partial charge < -0.3 is 10.1 Å². The van der Waals surface area contributed by atoms with Gasteiger partial charge in [-0.2, -0.15) is 5.10 Å².